The van der Waals surface area contributed by atoms with Gasteiger partial charge >= 0.3 is 0 Å². The summed E-state index contributed by atoms with van der Waals surface area (Å²) in [6.45, 7) is 0. The lowest BCUT2D eigenvalue weighted by Crippen LogP contribution is -2.44. The van der Waals surface area contributed by atoms with E-state index in [1.165, 1.54) is 0 Å². The van der Waals surface area contributed by atoms with E-state index in [9.17, 15) is 9.59 Å². The van der Waals surface area contributed by atoms with Crippen LogP contribution in [0.4, 0.5) is 5.69 Å². The van der Waals surface area contributed by atoms with E-state index in [-0.39, 0.29) is 17.9 Å². The third-order valence-corrected chi connectivity index (χ3v) is 5.83. The minimum Gasteiger partial charge on any atom is -0.361 e. The Morgan fingerprint density at radius 1 is 0.967 bits per heavy atom. The maximum absolute atomic E-state index is 13.6. The molecule has 0 unspecified atom stereocenters. The zero-order valence-corrected chi connectivity index (χ0v) is 16.5. The summed E-state index contributed by atoms with van der Waals surface area (Å²) in [5.74, 6) is -0.733. The van der Waals surface area contributed by atoms with E-state index in [2.05, 4.69) is 10.3 Å². The number of likely N-dealkylation sites (N-methyl/N-ethyl adjacent to an activating group) is 1. The number of benzene rings is 3. The number of nitrogens with zero attached hydrogens (tertiary/aromatic N) is 1. The van der Waals surface area contributed by atoms with Gasteiger partial charge < -0.3 is 15.2 Å². The van der Waals surface area contributed by atoms with Gasteiger partial charge in [0.15, 0.2) is 0 Å². The first-order chi connectivity index (χ1) is 14.6. The van der Waals surface area contributed by atoms with Gasteiger partial charge in [0.2, 0.25) is 5.91 Å². The number of amides is 2. The predicted molar refractivity (Wildman–Crippen MR) is 117 cm³/mol. The number of carbonyl (C=O) groups excluding carboxylic acids is 2. The highest BCUT2D eigenvalue weighted by molar-refractivity contribution is 6.04. The number of aromatic nitrogens is 1. The first-order valence-corrected chi connectivity index (χ1v) is 9.92. The molecule has 5 rings (SSSR count). The molecule has 148 valence electrons. The minimum atomic E-state index is -0.523. The second kappa shape index (κ2) is 7.19. The molecule has 0 saturated carbocycles. The molecule has 30 heavy (non-hydrogen) atoms. The van der Waals surface area contributed by atoms with Gasteiger partial charge in [0.25, 0.3) is 5.91 Å². The topological polar surface area (TPSA) is 65.2 Å². The largest absolute Gasteiger partial charge is 0.361 e. The van der Waals surface area contributed by atoms with Crippen molar-refractivity contribution in [3.63, 3.8) is 0 Å². The van der Waals surface area contributed by atoms with Crippen LogP contribution in [0.5, 0.6) is 0 Å². The monoisotopic (exact) mass is 395 g/mol. The molecule has 5 nitrogen and oxygen atoms in total. The molecule has 1 aliphatic heterocycles. The zero-order chi connectivity index (χ0) is 20.7. The van der Waals surface area contributed by atoms with E-state index in [1.807, 2.05) is 79.0 Å². The van der Waals surface area contributed by atoms with Gasteiger partial charge in [0.05, 0.1) is 12.0 Å². The van der Waals surface area contributed by atoms with Crippen LogP contribution in [-0.2, 0) is 4.79 Å². The summed E-state index contributed by atoms with van der Waals surface area (Å²) in [6.07, 6.45) is 1.87. The molecule has 2 heterocycles. The van der Waals surface area contributed by atoms with E-state index in [0.717, 1.165) is 27.7 Å². The number of anilines is 1. The Kier molecular flexibility index (Phi) is 4.36. The third-order valence-electron chi connectivity index (χ3n) is 5.83. The average Bonchev–Trinajstić information content (AvgIpc) is 3.24. The molecular formula is C25H21N3O2. The van der Waals surface area contributed by atoms with E-state index in [0.29, 0.717) is 5.56 Å². The lowest BCUT2D eigenvalue weighted by atomic mass is 9.79. The van der Waals surface area contributed by atoms with Crippen molar-refractivity contribution in [2.24, 2.45) is 0 Å². The van der Waals surface area contributed by atoms with Crippen LogP contribution in [0.15, 0.2) is 85.1 Å². The summed E-state index contributed by atoms with van der Waals surface area (Å²) in [4.78, 5) is 31.5. The summed E-state index contributed by atoms with van der Waals surface area (Å²) < 4.78 is 0. The van der Waals surface area contributed by atoms with Gasteiger partial charge in [-0.1, -0.05) is 54.6 Å². The molecule has 0 bridgehead atoms. The van der Waals surface area contributed by atoms with Crippen molar-refractivity contribution in [1.82, 2.24) is 9.88 Å². The van der Waals surface area contributed by atoms with Crippen molar-refractivity contribution in [2.45, 2.75) is 12.0 Å². The molecule has 2 N–H and O–H groups in total. The Balaban J connectivity index is 1.58. The number of fused-ring (bicyclic) bond motifs is 2. The third kappa shape index (κ3) is 2.95. The van der Waals surface area contributed by atoms with Crippen LogP contribution in [-0.4, -0.2) is 28.7 Å². The molecule has 0 saturated heterocycles. The van der Waals surface area contributed by atoms with Crippen molar-refractivity contribution >= 4 is 28.4 Å². The molecule has 0 aliphatic carbocycles. The van der Waals surface area contributed by atoms with Crippen molar-refractivity contribution in [3.05, 3.63) is 102 Å². The first-order valence-electron chi connectivity index (χ1n) is 9.92. The summed E-state index contributed by atoms with van der Waals surface area (Å²) in [5, 5.41) is 4.16. The molecule has 3 aromatic carbocycles. The van der Waals surface area contributed by atoms with Gasteiger partial charge in [-0.05, 0) is 40.8 Å². The van der Waals surface area contributed by atoms with E-state index >= 15 is 0 Å². The number of carbonyl (C=O) groups is 2. The van der Waals surface area contributed by atoms with Gasteiger partial charge in [0.1, 0.15) is 0 Å². The Bertz CT molecular complexity index is 1250. The van der Waals surface area contributed by atoms with E-state index in [1.54, 1.807) is 18.0 Å². The van der Waals surface area contributed by atoms with Gasteiger partial charge in [0, 0.05) is 30.0 Å². The molecule has 2 atom stereocenters. The zero-order valence-electron chi connectivity index (χ0n) is 16.5. The van der Waals surface area contributed by atoms with Crippen LogP contribution in [0, 0.1) is 0 Å². The summed E-state index contributed by atoms with van der Waals surface area (Å²) in [6, 6.07) is 24.5. The van der Waals surface area contributed by atoms with Crippen molar-refractivity contribution in [1.29, 1.82) is 0 Å². The Hall–Kier alpha value is -3.86. The van der Waals surface area contributed by atoms with Crippen LogP contribution >= 0.6 is 0 Å². The van der Waals surface area contributed by atoms with Gasteiger partial charge in [-0.2, -0.15) is 0 Å². The fourth-order valence-corrected chi connectivity index (χ4v) is 4.37. The Morgan fingerprint density at radius 3 is 2.57 bits per heavy atom. The highest BCUT2D eigenvalue weighted by atomic mass is 16.2. The Morgan fingerprint density at radius 2 is 1.73 bits per heavy atom. The molecule has 1 aromatic heterocycles. The second-order valence-electron chi connectivity index (χ2n) is 7.61. The molecule has 1 aliphatic rings. The fourth-order valence-electron chi connectivity index (χ4n) is 4.37. The van der Waals surface area contributed by atoms with Gasteiger partial charge in [-0.15, -0.1) is 0 Å². The number of hydrogen-bond acceptors (Lipinski definition) is 2. The maximum Gasteiger partial charge on any atom is 0.254 e. The smallest absolute Gasteiger partial charge is 0.254 e. The quantitative estimate of drug-likeness (QED) is 0.527. The molecule has 2 amide bonds. The molecule has 4 aromatic rings. The lowest BCUT2D eigenvalue weighted by Gasteiger charge is -2.39. The number of aromatic amines is 1. The number of nitrogens with one attached hydrogen (secondary N) is 2. The highest BCUT2D eigenvalue weighted by Gasteiger charge is 2.42. The summed E-state index contributed by atoms with van der Waals surface area (Å²) in [5.41, 5.74) is 3.95. The molecule has 0 spiro atoms. The van der Waals surface area contributed by atoms with E-state index < -0.39 is 5.92 Å². The normalized spacial score (nSPS) is 18.3. The number of rotatable bonds is 3. The van der Waals surface area contributed by atoms with Crippen LogP contribution in [0.3, 0.4) is 0 Å². The van der Waals surface area contributed by atoms with Crippen LogP contribution in [0.1, 0.15) is 33.4 Å². The highest BCUT2D eigenvalue weighted by Crippen LogP contribution is 2.42. The minimum absolute atomic E-state index is 0.0729. The predicted octanol–water partition coefficient (Wildman–Crippen LogP) is 4.72. The number of H-pyrrole nitrogens is 1. The maximum atomic E-state index is 13.6. The van der Waals surface area contributed by atoms with Crippen LogP contribution in [0.25, 0.3) is 10.9 Å². The standard InChI is InChI=1S/C25H21N3O2/c1-28-23(17-7-3-2-4-8-17)22(19-9-5-6-10-20(19)25(28)30)24(29)27-18-12-11-16-13-14-26-21(16)15-18/h2-15,22-23,26H,1H3,(H,27,29)/t22-,23+/m1/s1. The second-order valence-corrected chi connectivity index (χ2v) is 7.61. The SMILES string of the molecule is CN1C(=O)c2ccccc2[C@@H](C(=O)Nc2ccc3cc[nH]c3c2)[C@@H]1c1ccccc1. The van der Waals surface area contributed by atoms with Crippen LogP contribution < -0.4 is 5.32 Å². The number of hydrogen-bond donors (Lipinski definition) is 2. The molecular weight excluding hydrogens is 374 g/mol. The van der Waals surface area contributed by atoms with Gasteiger partial charge in [-0.3, -0.25) is 9.59 Å². The Labute approximate surface area is 174 Å². The molecule has 5 heteroatoms. The average molecular weight is 395 g/mol. The van der Waals surface area contributed by atoms with Gasteiger partial charge in [-0.25, -0.2) is 0 Å². The lowest BCUT2D eigenvalue weighted by molar-refractivity contribution is -0.119. The summed E-state index contributed by atoms with van der Waals surface area (Å²) >= 11 is 0. The van der Waals surface area contributed by atoms with Crippen molar-refractivity contribution < 1.29 is 9.59 Å². The summed E-state index contributed by atoms with van der Waals surface area (Å²) in [7, 11) is 1.77. The molecule has 0 radical (unpaired) electrons. The van der Waals surface area contributed by atoms with Crippen molar-refractivity contribution in [2.75, 3.05) is 12.4 Å². The molecule has 0 fully saturated rings. The fraction of sp³-hybridized carbons (Fsp3) is 0.120. The first kappa shape index (κ1) is 18.2. The van der Waals surface area contributed by atoms with Crippen LogP contribution in [0.2, 0.25) is 0 Å². The van der Waals surface area contributed by atoms with Crippen molar-refractivity contribution in [3.8, 4) is 0 Å². The van der Waals surface area contributed by atoms with E-state index in [4.69, 9.17) is 0 Å².